The molecule has 0 amide bonds. The zero-order chi connectivity index (χ0) is 21.3. The third-order valence-electron chi connectivity index (χ3n) is 5.73. The van der Waals surface area contributed by atoms with Crippen molar-refractivity contribution in [3.05, 3.63) is 88.6 Å². The van der Waals surface area contributed by atoms with Crippen LogP contribution in [-0.4, -0.2) is 18.4 Å². The van der Waals surface area contributed by atoms with Crippen LogP contribution in [-0.2, 0) is 14.3 Å². The van der Waals surface area contributed by atoms with Gasteiger partial charge in [-0.1, -0.05) is 74.5 Å². The van der Waals surface area contributed by atoms with Crippen molar-refractivity contribution in [2.24, 2.45) is 5.41 Å². The van der Waals surface area contributed by atoms with Crippen molar-refractivity contribution < 1.29 is 14.3 Å². The molecule has 1 aliphatic heterocycles. The molecule has 1 aliphatic carbocycles. The molecule has 1 N–H and O–H groups in total. The zero-order valence-corrected chi connectivity index (χ0v) is 17.7. The lowest BCUT2D eigenvalue weighted by molar-refractivity contribution is -0.138. The summed E-state index contributed by atoms with van der Waals surface area (Å²) >= 11 is 0. The van der Waals surface area contributed by atoms with Gasteiger partial charge in [0.15, 0.2) is 5.78 Å². The first-order valence-corrected chi connectivity index (χ1v) is 10.5. The van der Waals surface area contributed by atoms with Gasteiger partial charge in [0, 0.05) is 23.6 Å². The average molecular weight is 402 g/mol. The van der Waals surface area contributed by atoms with Crippen LogP contribution in [0.5, 0.6) is 0 Å². The average Bonchev–Trinajstić information content (AvgIpc) is 2.73. The Bertz CT molecular complexity index is 1030. The van der Waals surface area contributed by atoms with Gasteiger partial charge in [-0.3, -0.25) is 4.79 Å². The van der Waals surface area contributed by atoms with Crippen LogP contribution in [0.1, 0.15) is 50.7 Å². The summed E-state index contributed by atoms with van der Waals surface area (Å²) in [4.78, 5) is 26.5. The molecular weight excluding hydrogens is 374 g/mol. The van der Waals surface area contributed by atoms with E-state index in [-0.39, 0.29) is 23.8 Å². The van der Waals surface area contributed by atoms with E-state index in [0.29, 0.717) is 17.6 Å². The molecule has 0 spiro atoms. The maximum Gasteiger partial charge on any atom is 0.337 e. The number of allylic oxidation sites excluding steroid dienone is 2. The minimum Gasteiger partial charge on any atom is -0.463 e. The van der Waals surface area contributed by atoms with Gasteiger partial charge in [0.1, 0.15) is 0 Å². The molecular formula is C26H27NO3. The summed E-state index contributed by atoms with van der Waals surface area (Å²) in [6, 6.07) is 19.6. The fraction of sp³-hybridized carbons (Fsp3) is 0.308. The molecule has 0 aromatic heterocycles. The highest BCUT2D eigenvalue weighted by Gasteiger charge is 2.43. The maximum absolute atomic E-state index is 13.3. The first kappa shape index (κ1) is 20.1. The van der Waals surface area contributed by atoms with Gasteiger partial charge in [0.05, 0.1) is 17.9 Å². The summed E-state index contributed by atoms with van der Waals surface area (Å²) in [7, 11) is 0. The van der Waals surface area contributed by atoms with Gasteiger partial charge < -0.3 is 10.1 Å². The van der Waals surface area contributed by atoms with Gasteiger partial charge >= 0.3 is 5.97 Å². The van der Waals surface area contributed by atoms with E-state index >= 15 is 0 Å². The van der Waals surface area contributed by atoms with Gasteiger partial charge in [0.25, 0.3) is 0 Å². The van der Waals surface area contributed by atoms with E-state index in [1.807, 2.05) is 60.7 Å². The number of ketones is 1. The van der Waals surface area contributed by atoms with Gasteiger partial charge in [-0.25, -0.2) is 4.79 Å². The largest absolute Gasteiger partial charge is 0.463 e. The molecule has 30 heavy (non-hydrogen) atoms. The lowest BCUT2D eigenvalue weighted by Crippen LogP contribution is -2.38. The lowest BCUT2D eigenvalue weighted by Gasteiger charge is -2.40. The molecule has 0 bridgehead atoms. The number of benzene rings is 2. The molecule has 1 atom stereocenters. The van der Waals surface area contributed by atoms with E-state index in [9.17, 15) is 9.59 Å². The highest BCUT2D eigenvalue weighted by molar-refractivity contribution is 6.08. The monoisotopic (exact) mass is 401 g/mol. The standard InChI is InChI=1S/C26H27NO3/c1-4-30-25(29)23-21(17-11-7-5-8-12-17)22-19(15-26(2,3)16-20(22)28)27-24(23)18-13-9-6-10-14-18/h5-14,21,27H,4,15-16H2,1-3H3. The molecule has 0 saturated carbocycles. The van der Waals surface area contributed by atoms with Crippen LogP contribution < -0.4 is 5.32 Å². The summed E-state index contributed by atoms with van der Waals surface area (Å²) in [5.74, 6) is -0.737. The third kappa shape index (κ3) is 3.70. The summed E-state index contributed by atoms with van der Waals surface area (Å²) in [5, 5.41) is 3.48. The van der Waals surface area contributed by atoms with Crippen LogP contribution in [0, 0.1) is 5.41 Å². The molecule has 2 aliphatic rings. The third-order valence-corrected chi connectivity index (χ3v) is 5.73. The Morgan fingerprint density at radius 3 is 2.30 bits per heavy atom. The van der Waals surface area contributed by atoms with Crippen molar-refractivity contribution in [3.8, 4) is 0 Å². The molecule has 154 valence electrons. The zero-order valence-electron chi connectivity index (χ0n) is 17.7. The molecule has 4 nitrogen and oxygen atoms in total. The number of carbonyl (C=O) groups is 2. The minimum absolute atomic E-state index is 0.0940. The first-order chi connectivity index (χ1) is 14.4. The van der Waals surface area contributed by atoms with Crippen molar-refractivity contribution in [2.45, 2.75) is 39.5 Å². The van der Waals surface area contributed by atoms with Crippen LogP contribution in [0.25, 0.3) is 5.70 Å². The van der Waals surface area contributed by atoms with E-state index in [1.165, 1.54) is 0 Å². The summed E-state index contributed by atoms with van der Waals surface area (Å²) in [5.41, 5.74) is 4.54. The number of dihydropyridines is 1. The SMILES string of the molecule is CCOC(=O)C1=C(c2ccccc2)NC2=C(C(=O)CC(C)(C)C2)C1c1ccccc1. The number of hydrogen-bond acceptors (Lipinski definition) is 4. The van der Waals surface area contributed by atoms with Crippen LogP contribution in [0.15, 0.2) is 77.5 Å². The van der Waals surface area contributed by atoms with Crippen molar-refractivity contribution in [3.63, 3.8) is 0 Å². The minimum atomic E-state index is -0.444. The van der Waals surface area contributed by atoms with Gasteiger partial charge in [-0.2, -0.15) is 0 Å². The summed E-state index contributed by atoms with van der Waals surface area (Å²) < 4.78 is 5.47. The Hall–Kier alpha value is -3.14. The maximum atomic E-state index is 13.3. The van der Waals surface area contributed by atoms with Crippen LogP contribution in [0.4, 0.5) is 0 Å². The number of nitrogens with one attached hydrogen (secondary N) is 1. The fourth-order valence-corrected chi connectivity index (χ4v) is 4.53. The number of hydrogen-bond donors (Lipinski definition) is 1. The molecule has 1 unspecified atom stereocenters. The second-order valence-electron chi connectivity index (χ2n) is 8.68. The molecule has 0 fully saturated rings. The molecule has 0 saturated heterocycles. The van der Waals surface area contributed by atoms with Crippen LogP contribution in [0.2, 0.25) is 0 Å². The summed E-state index contributed by atoms with van der Waals surface area (Å²) in [6.45, 7) is 6.30. The first-order valence-electron chi connectivity index (χ1n) is 10.5. The molecule has 2 aromatic rings. The smallest absolute Gasteiger partial charge is 0.337 e. The van der Waals surface area contributed by atoms with E-state index in [1.54, 1.807) is 6.92 Å². The quantitative estimate of drug-likeness (QED) is 0.733. The number of Topliss-reactive ketones (excluding diaryl/α,β-unsaturated/α-hetero) is 1. The number of carbonyl (C=O) groups excluding carboxylic acids is 2. The Morgan fingerprint density at radius 1 is 1.03 bits per heavy atom. The molecule has 4 rings (SSSR count). The molecule has 0 radical (unpaired) electrons. The number of ether oxygens (including phenoxy) is 1. The second kappa shape index (κ2) is 7.94. The number of rotatable bonds is 4. The Morgan fingerprint density at radius 2 is 1.67 bits per heavy atom. The Kier molecular flexibility index (Phi) is 5.33. The lowest BCUT2D eigenvalue weighted by atomic mass is 9.68. The second-order valence-corrected chi connectivity index (χ2v) is 8.68. The topological polar surface area (TPSA) is 55.4 Å². The molecule has 4 heteroatoms. The predicted octanol–water partition coefficient (Wildman–Crippen LogP) is 4.99. The van der Waals surface area contributed by atoms with Gasteiger partial charge in [0.2, 0.25) is 0 Å². The Labute approximate surface area is 177 Å². The predicted molar refractivity (Wildman–Crippen MR) is 117 cm³/mol. The molecule has 2 aromatic carbocycles. The fourth-order valence-electron chi connectivity index (χ4n) is 4.53. The van der Waals surface area contributed by atoms with E-state index in [0.717, 1.165) is 28.9 Å². The molecule has 1 heterocycles. The van der Waals surface area contributed by atoms with Crippen molar-refractivity contribution in [1.82, 2.24) is 5.32 Å². The normalized spacial score (nSPS) is 20.5. The summed E-state index contributed by atoms with van der Waals surface area (Å²) in [6.07, 6.45) is 1.22. The Balaban J connectivity index is 1.98. The van der Waals surface area contributed by atoms with Crippen molar-refractivity contribution in [1.29, 1.82) is 0 Å². The van der Waals surface area contributed by atoms with E-state index < -0.39 is 5.92 Å². The number of esters is 1. The van der Waals surface area contributed by atoms with Crippen LogP contribution >= 0.6 is 0 Å². The van der Waals surface area contributed by atoms with E-state index in [2.05, 4.69) is 19.2 Å². The van der Waals surface area contributed by atoms with Gasteiger partial charge in [-0.15, -0.1) is 0 Å². The highest BCUT2D eigenvalue weighted by atomic mass is 16.5. The van der Waals surface area contributed by atoms with Crippen LogP contribution in [0.3, 0.4) is 0 Å². The van der Waals surface area contributed by atoms with E-state index in [4.69, 9.17) is 4.74 Å². The van der Waals surface area contributed by atoms with Crippen molar-refractivity contribution in [2.75, 3.05) is 6.61 Å². The highest BCUT2D eigenvalue weighted by Crippen LogP contribution is 2.48. The van der Waals surface area contributed by atoms with Crippen molar-refractivity contribution >= 4 is 17.4 Å². The van der Waals surface area contributed by atoms with Gasteiger partial charge in [-0.05, 0) is 29.9 Å².